The molecule has 0 atom stereocenters. The summed E-state index contributed by atoms with van der Waals surface area (Å²) in [6.45, 7) is 5.20. The van der Waals surface area contributed by atoms with E-state index in [1.807, 2.05) is 24.3 Å². The zero-order chi connectivity index (χ0) is 41.9. The Morgan fingerprint density at radius 1 is 0.548 bits per heavy atom. The molecule has 7 heteroatoms. The average molecular weight is 815 g/mol. The Morgan fingerprint density at radius 3 is 1.66 bits per heavy atom. The molecule has 302 valence electrons. The third-order valence-corrected chi connectivity index (χ3v) is 12.2. The van der Waals surface area contributed by atoms with Crippen LogP contribution in [-0.2, 0) is 13.0 Å². The van der Waals surface area contributed by atoms with Gasteiger partial charge in [-0.2, -0.15) is 4.57 Å². The third-order valence-electron chi connectivity index (χ3n) is 12.2. The van der Waals surface area contributed by atoms with Gasteiger partial charge in [0.15, 0.2) is 12.7 Å². The van der Waals surface area contributed by atoms with Gasteiger partial charge >= 0.3 is 5.71 Å². The fourth-order valence-electron chi connectivity index (χ4n) is 9.13. The third kappa shape index (κ3) is 6.48. The molecule has 5 nitrogen and oxygen atoms in total. The molecule has 0 aliphatic heterocycles. The lowest BCUT2D eigenvalue weighted by Crippen LogP contribution is -2.33. The van der Waals surface area contributed by atoms with Crippen LogP contribution in [0.3, 0.4) is 0 Å². The highest BCUT2D eigenvalue weighted by atomic mass is 19.1. The van der Waals surface area contributed by atoms with Gasteiger partial charge in [0.2, 0.25) is 0 Å². The summed E-state index contributed by atoms with van der Waals surface area (Å²) in [6.07, 6.45) is 11.3. The number of aryl methyl sites for hydroxylation is 1. The van der Waals surface area contributed by atoms with Gasteiger partial charge in [-0.1, -0.05) is 61.9 Å². The molecule has 0 fully saturated rings. The van der Waals surface area contributed by atoms with Gasteiger partial charge in [0, 0.05) is 81.5 Å². The molecule has 0 unspecified atom stereocenters. The number of rotatable bonds is 9. The molecule has 0 spiro atoms. The van der Waals surface area contributed by atoms with Crippen LogP contribution in [0.4, 0.5) is 42.9 Å². The first-order valence-electron chi connectivity index (χ1n) is 21.3. The summed E-state index contributed by atoms with van der Waals surface area (Å²) in [7, 11) is 0. The lowest BCUT2D eigenvalue weighted by atomic mass is 10.00. The highest BCUT2D eigenvalue weighted by molar-refractivity contribution is 6.10. The molecular weight excluding hydrogens is 773 g/mol. The van der Waals surface area contributed by atoms with E-state index in [0.717, 1.165) is 126 Å². The zero-order valence-electron chi connectivity index (χ0n) is 34.4. The van der Waals surface area contributed by atoms with Crippen molar-refractivity contribution >= 4 is 94.8 Å². The summed E-state index contributed by atoms with van der Waals surface area (Å²) in [6, 6.07) is 47.3. The number of halogens is 2. The second kappa shape index (κ2) is 15.2. The van der Waals surface area contributed by atoms with Crippen molar-refractivity contribution in [1.82, 2.24) is 0 Å². The van der Waals surface area contributed by atoms with E-state index in [1.165, 1.54) is 29.8 Å². The van der Waals surface area contributed by atoms with E-state index in [0.29, 0.717) is 0 Å². The van der Waals surface area contributed by atoms with Gasteiger partial charge in [-0.3, -0.25) is 0 Å². The molecule has 0 N–H and O–H groups in total. The number of furan rings is 2. The number of nitrogens with zero attached hydrogens (tertiary/aromatic N) is 3. The van der Waals surface area contributed by atoms with Crippen molar-refractivity contribution in [3.05, 3.63) is 192 Å². The number of hydrogen-bond donors (Lipinski definition) is 0. The van der Waals surface area contributed by atoms with E-state index in [1.54, 1.807) is 0 Å². The van der Waals surface area contributed by atoms with Gasteiger partial charge in [-0.15, -0.1) is 0 Å². The van der Waals surface area contributed by atoms with Crippen LogP contribution in [0.25, 0.3) is 60.7 Å². The first-order valence-corrected chi connectivity index (χ1v) is 21.3. The molecule has 11 rings (SSSR count). The summed E-state index contributed by atoms with van der Waals surface area (Å²) in [5, 5.41) is 7.53. The van der Waals surface area contributed by atoms with Gasteiger partial charge in [-0.05, 0) is 131 Å². The van der Waals surface area contributed by atoms with Gasteiger partial charge in [-0.25, -0.2) is 8.78 Å². The number of allylic oxidation sites excluding steroid dienone is 3. The zero-order valence-corrected chi connectivity index (χ0v) is 34.4. The fraction of sp³-hybridized carbons (Fsp3) is 0.109. The monoisotopic (exact) mass is 814 g/mol. The molecule has 1 aliphatic carbocycles. The first kappa shape index (κ1) is 37.5. The predicted molar refractivity (Wildman–Crippen MR) is 249 cm³/mol. The molecule has 3 heterocycles. The van der Waals surface area contributed by atoms with E-state index in [9.17, 15) is 8.78 Å². The molecule has 62 heavy (non-hydrogen) atoms. The minimum atomic E-state index is -0.291. The largest absolute Gasteiger partial charge is 0.460 e. The minimum Gasteiger partial charge on any atom is -0.460 e. The Bertz CT molecular complexity index is 3420. The van der Waals surface area contributed by atoms with Crippen molar-refractivity contribution in [2.75, 3.05) is 9.80 Å². The standard InChI is InChI=1S/C55H42F2N3O2/c1-3-28-58-29-6-9-51-50-27-23-45(34-54(50)62-55(51)58)60(41-18-14-39(57)15-19-41)43-21-25-47-37(32-43)11-10-36-31-42(20-24-46(36)47)59(40-16-12-38(56)13-17-40)44-22-26-49-48-8-5-7-35(4-2)30-52(48)61-53(49)33-44/h5-27,29,31-34H,3-4,28,30H2,1-2H3/q+1. The maximum Gasteiger partial charge on any atom is 0.381 e. The van der Waals surface area contributed by atoms with Crippen LogP contribution in [0.5, 0.6) is 0 Å². The van der Waals surface area contributed by atoms with Crippen molar-refractivity contribution in [3.63, 3.8) is 0 Å². The maximum atomic E-state index is 14.3. The minimum absolute atomic E-state index is 0.289. The highest BCUT2D eigenvalue weighted by Gasteiger charge is 2.22. The van der Waals surface area contributed by atoms with Crippen molar-refractivity contribution in [2.24, 2.45) is 0 Å². The van der Waals surface area contributed by atoms with Crippen LogP contribution >= 0.6 is 0 Å². The number of hydrogen-bond acceptors (Lipinski definition) is 4. The Balaban J connectivity index is 0.993. The summed E-state index contributed by atoms with van der Waals surface area (Å²) >= 11 is 0. The van der Waals surface area contributed by atoms with E-state index >= 15 is 0 Å². The van der Waals surface area contributed by atoms with Crippen LogP contribution in [0.2, 0.25) is 0 Å². The number of benzene rings is 7. The number of fused-ring (bicyclic) bond motifs is 9. The van der Waals surface area contributed by atoms with E-state index < -0.39 is 0 Å². The molecule has 0 saturated heterocycles. The van der Waals surface area contributed by atoms with Crippen LogP contribution < -0.4 is 14.4 Å². The van der Waals surface area contributed by atoms with Gasteiger partial charge in [0.05, 0.1) is 5.39 Å². The second-order valence-corrected chi connectivity index (χ2v) is 16.0. The molecule has 0 radical (unpaired) electrons. The highest BCUT2D eigenvalue weighted by Crippen LogP contribution is 2.43. The molecule has 7 aromatic carbocycles. The van der Waals surface area contributed by atoms with Crippen LogP contribution in [0, 0.1) is 11.6 Å². The second-order valence-electron chi connectivity index (χ2n) is 16.0. The lowest BCUT2D eigenvalue weighted by molar-refractivity contribution is -0.677. The Hall–Kier alpha value is -7.51. The van der Waals surface area contributed by atoms with Gasteiger partial charge in [0.25, 0.3) is 0 Å². The molecular formula is C55H42F2N3O2+. The molecule has 1 aliphatic rings. The molecule has 0 bridgehead atoms. The van der Waals surface area contributed by atoms with Crippen molar-refractivity contribution in [1.29, 1.82) is 0 Å². The fourth-order valence-corrected chi connectivity index (χ4v) is 9.13. The predicted octanol–water partition coefficient (Wildman–Crippen LogP) is 15.5. The first-order chi connectivity index (χ1) is 30.4. The van der Waals surface area contributed by atoms with E-state index in [4.69, 9.17) is 8.83 Å². The normalized spacial score (nSPS) is 12.7. The Labute approximate surface area is 357 Å². The molecule has 3 aromatic heterocycles. The number of aromatic nitrogens is 1. The number of pyridine rings is 1. The van der Waals surface area contributed by atoms with Crippen LogP contribution in [0.1, 0.15) is 38.0 Å². The van der Waals surface area contributed by atoms with Gasteiger partial charge < -0.3 is 18.6 Å². The Kier molecular flexibility index (Phi) is 9.19. The topological polar surface area (TPSA) is 36.6 Å². The summed E-state index contributed by atoms with van der Waals surface area (Å²) in [5.41, 5.74) is 10.3. The van der Waals surface area contributed by atoms with Crippen LogP contribution in [-0.4, -0.2) is 0 Å². The maximum absolute atomic E-state index is 14.3. The van der Waals surface area contributed by atoms with Gasteiger partial charge in [0.1, 0.15) is 28.6 Å². The average Bonchev–Trinajstić information content (AvgIpc) is 3.77. The number of anilines is 6. The summed E-state index contributed by atoms with van der Waals surface area (Å²) in [5.74, 6) is 0.393. The SMILES string of the molecule is CCC[n+]1cccc2c3ccc(N(c4ccc(F)cc4)c4ccc5c(ccc6cc(N(c7ccc(F)cc7)c7ccc8c9c(oc8c7)CC(CC)=CC=C9)ccc65)c4)cc3oc21. The molecule has 10 aromatic rings. The van der Waals surface area contributed by atoms with E-state index in [2.05, 4.69) is 150 Å². The lowest BCUT2D eigenvalue weighted by Gasteiger charge is -2.26. The Morgan fingerprint density at radius 2 is 1.08 bits per heavy atom. The summed E-state index contributed by atoms with van der Waals surface area (Å²) < 4.78 is 43.8. The van der Waals surface area contributed by atoms with E-state index in [-0.39, 0.29) is 11.6 Å². The van der Waals surface area contributed by atoms with Crippen molar-refractivity contribution in [2.45, 2.75) is 39.7 Å². The van der Waals surface area contributed by atoms with Crippen molar-refractivity contribution in [3.8, 4) is 0 Å². The summed E-state index contributed by atoms with van der Waals surface area (Å²) in [4.78, 5) is 4.29. The van der Waals surface area contributed by atoms with Crippen molar-refractivity contribution < 1.29 is 22.2 Å². The van der Waals surface area contributed by atoms with Crippen LogP contribution in [0.15, 0.2) is 178 Å². The quantitative estimate of drug-likeness (QED) is 0.107. The molecule has 0 saturated carbocycles. The molecule has 0 amide bonds. The smallest absolute Gasteiger partial charge is 0.381 e.